The van der Waals surface area contributed by atoms with Crippen LogP contribution in [-0.2, 0) is 0 Å². The van der Waals surface area contributed by atoms with Crippen LogP contribution < -0.4 is 5.73 Å². The van der Waals surface area contributed by atoms with Gasteiger partial charge in [0.2, 0.25) is 0 Å². The molecule has 0 fully saturated rings. The highest BCUT2D eigenvalue weighted by Crippen LogP contribution is 2.02. The van der Waals surface area contributed by atoms with Gasteiger partial charge >= 0.3 is 0 Å². The summed E-state index contributed by atoms with van der Waals surface area (Å²) in [7, 11) is 0. The van der Waals surface area contributed by atoms with Crippen LogP contribution in [0.5, 0.6) is 0 Å². The van der Waals surface area contributed by atoms with E-state index in [9.17, 15) is 0 Å². The van der Waals surface area contributed by atoms with E-state index >= 15 is 0 Å². The molecule has 1 heterocycles. The maximum atomic E-state index is 5.62. The Kier molecular flexibility index (Phi) is 2.66. The molecular formula is C13H10N2. The smallest absolute Gasteiger partial charge is 0.115 e. The van der Waals surface area contributed by atoms with Gasteiger partial charge in [-0.3, -0.25) is 0 Å². The Hall–Kier alpha value is -2.27. The monoisotopic (exact) mass is 194 g/mol. The number of anilines is 1. The standard InChI is InChI=1S/C13H10N2/c14-12-8-9-15-13(10-12)7-6-11-4-2-1-3-5-11/h1-5,8-10H,(H2,14,15). The Labute approximate surface area is 88.8 Å². The average molecular weight is 194 g/mol. The SMILES string of the molecule is Nc1ccnc(C#Cc2ccccc2)c1. The lowest BCUT2D eigenvalue weighted by molar-refractivity contribution is 1.29. The number of hydrogen-bond donors (Lipinski definition) is 1. The molecule has 15 heavy (non-hydrogen) atoms. The molecule has 0 bridgehead atoms. The molecule has 2 nitrogen and oxygen atoms in total. The summed E-state index contributed by atoms with van der Waals surface area (Å²) < 4.78 is 0. The van der Waals surface area contributed by atoms with Crippen LogP contribution in [0.15, 0.2) is 48.7 Å². The fourth-order valence-corrected chi connectivity index (χ4v) is 1.17. The third kappa shape index (κ3) is 2.58. The third-order valence-corrected chi connectivity index (χ3v) is 1.89. The largest absolute Gasteiger partial charge is 0.399 e. The summed E-state index contributed by atoms with van der Waals surface area (Å²) in [4.78, 5) is 4.10. The second-order valence-electron chi connectivity index (χ2n) is 3.09. The van der Waals surface area contributed by atoms with E-state index in [4.69, 9.17) is 5.73 Å². The van der Waals surface area contributed by atoms with Crippen molar-refractivity contribution in [2.45, 2.75) is 0 Å². The van der Waals surface area contributed by atoms with Gasteiger partial charge in [0, 0.05) is 17.4 Å². The summed E-state index contributed by atoms with van der Waals surface area (Å²) in [5.74, 6) is 5.98. The first-order chi connectivity index (χ1) is 7.34. The zero-order valence-corrected chi connectivity index (χ0v) is 8.14. The van der Waals surface area contributed by atoms with Crippen LogP contribution in [0.2, 0.25) is 0 Å². The molecule has 0 aliphatic heterocycles. The van der Waals surface area contributed by atoms with Gasteiger partial charge in [0.05, 0.1) is 0 Å². The topological polar surface area (TPSA) is 38.9 Å². The molecule has 0 amide bonds. The maximum absolute atomic E-state index is 5.62. The molecule has 0 saturated heterocycles. The highest BCUT2D eigenvalue weighted by atomic mass is 14.7. The van der Waals surface area contributed by atoms with Crippen LogP contribution in [0.25, 0.3) is 0 Å². The minimum absolute atomic E-state index is 0.683. The van der Waals surface area contributed by atoms with Gasteiger partial charge in [-0.1, -0.05) is 24.1 Å². The summed E-state index contributed by atoms with van der Waals surface area (Å²) in [6.45, 7) is 0. The normalized spacial score (nSPS) is 9.07. The van der Waals surface area contributed by atoms with E-state index in [1.807, 2.05) is 30.3 Å². The molecule has 0 unspecified atom stereocenters. The first-order valence-electron chi connectivity index (χ1n) is 4.63. The van der Waals surface area contributed by atoms with E-state index in [0.717, 1.165) is 5.56 Å². The Morgan fingerprint density at radius 2 is 1.80 bits per heavy atom. The van der Waals surface area contributed by atoms with Gasteiger partial charge < -0.3 is 5.73 Å². The molecule has 1 aromatic carbocycles. The van der Waals surface area contributed by atoms with Gasteiger partial charge in [-0.2, -0.15) is 0 Å². The molecule has 2 N–H and O–H groups in total. The number of nitrogens with zero attached hydrogens (tertiary/aromatic N) is 1. The quantitative estimate of drug-likeness (QED) is 0.652. The van der Waals surface area contributed by atoms with Gasteiger partial charge in [0.25, 0.3) is 0 Å². The molecule has 2 aromatic rings. The minimum atomic E-state index is 0.683. The predicted octanol–water partition coefficient (Wildman–Crippen LogP) is 2.06. The van der Waals surface area contributed by atoms with Crippen molar-refractivity contribution in [2.24, 2.45) is 0 Å². The number of nitrogen functional groups attached to an aromatic ring is 1. The van der Waals surface area contributed by atoms with Crippen molar-refractivity contribution in [2.75, 3.05) is 5.73 Å². The van der Waals surface area contributed by atoms with Crippen molar-refractivity contribution in [1.82, 2.24) is 4.98 Å². The molecule has 0 spiro atoms. The van der Waals surface area contributed by atoms with Crippen molar-refractivity contribution in [1.29, 1.82) is 0 Å². The molecule has 0 radical (unpaired) electrons. The van der Waals surface area contributed by atoms with Crippen LogP contribution in [0, 0.1) is 11.8 Å². The first-order valence-corrected chi connectivity index (χ1v) is 4.63. The fraction of sp³-hybridized carbons (Fsp3) is 0. The molecular weight excluding hydrogens is 184 g/mol. The lowest BCUT2D eigenvalue weighted by Crippen LogP contribution is -1.87. The van der Waals surface area contributed by atoms with Gasteiger partial charge in [0.1, 0.15) is 5.69 Å². The summed E-state index contributed by atoms with van der Waals surface area (Å²) >= 11 is 0. The van der Waals surface area contributed by atoms with E-state index < -0.39 is 0 Å². The molecule has 0 saturated carbocycles. The second-order valence-corrected chi connectivity index (χ2v) is 3.09. The minimum Gasteiger partial charge on any atom is -0.399 e. The van der Waals surface area contributed by atoms with Crippen LogP contribution in [-0.4, -0.2) is 4.98 Å². The molecule has 0 aliphatic carbocycles. The number of benzene rings is 1. The number of rotatable bonds is 0. The Balaban J connectivity index is 2.26. The highest BCUT2D eigenvalue weighted by Gasteiger charge is 1.88. The van der Waals surface area contributed by atoms with Gasteiger partial charge in [0.15, 0.2) is 0 Å². The fourth-order valence-electron chi connectivity index (χ4n) is 1.17. The van der Waals surface area contributed by atoms with E-state index in [-0.39, 0.29) is 0 Å². The van der Waals surface area contributed by atoms with Crippen LogP contribution in [0.3, 0.4) is 0 Å². The number of aromatic nitrogens is 1. The van der Waals surface area contributed by atoms with Gasteiger partial charge in [-0.15, -0.1) is 0 Å². The second kappa shape index (κ2) is 4.30. The van der Waals surface area contributed by atoms with Crippen LogP contribution in [0.1, 0.15) is 11.3 Å². The summed E-state index contributed by atoms with van der Waals surface area (Å²) in [6.07, 6.45) is 1.66. The van der Waals surface area contributed by atoms with Crippen molar-refractivity contribution < 1.29 is 0 Å². The van der Waals surface area contributed by atoms with Crippen molar-refractivity contribution in [3.05, 3.63) is 59.9 Å². The predicted molar refractivity (Wildman–Crippen MR) is 61.1 cm³/mol. The molecule has 72 valence electrons. The molecule has 1 aromatic heterocycles. The van der Waals surface area contributed by atoms with E-state index in [2.05, 4.69) is 16.8 Å². The van der Waals surface area contributed by atoms with Crippen LogP contribution in [0.4, 0.5) is 5.69 Å². The van der Waals surface area contributed by atoms with E-state index in [1.54, 1.807) is 18.3 Å². The number of nitrogens with two attached hydrogens (primary N) is 1. The lowest BCUT2D eigenvalue weighted by Gasteiger charge is -1.91. The van der Waals surface area contributed by atoms with E-state index in [0.29, 0.717) is 11.4 Å². The van der Waals surface area contributed by atoms with Gasteiger partial charge in [-0.05, 0) is 30.2 Å². The Morgan fingerprint density at radius 1 is 1.00 bits per heavy atom. The van der Waals surface area contributed by atoms with E-state index in [1.165, 1.54) is 0 Å². The average Bonchev–Trinajstić information content (AvgIpc) is 2.28. The maximum Gasteiger partial charge on any atom is 0.115 e. The molecule has 2 rings (SSSR count). The van der Waals surface area contributed by atoms with Crippen LogP contribution >= 0.6 is 0 Å². The van der Waals surface area contributed by atoms with Crippen molar-refractivity contribution in [3.8, 4) is 11.8 Å². The Morgan fingerprint density at radius 3 is 2.53 bits per heavy atom. The van der Waals surface area contributed by atoms with Crippen molar-refractivity contribution in [3.63, 3.8) is 0 Å². The molecule has 0 aliphatic rings. The summed E-state index contributed by atoms with van der Waals surface area (Å²) in [6, 6.07) is 13.3. The zero-order chi connectivity index (χ0) is 10.5. The molecule has 0 atom stereocenters. The summed E-state index contributed by atoms with van der Waals surface area (Å²) in [5.41, 5.74) is 7.97. The Bertz CT molecular complexity index is 507. The highest BCUT2D eigenvalue weighted by molar-refractivity contribution is 5.45. The number of pyridine rings is 1. The lowest BCUT2D eigenvalue weighted by atomic mass is 10.2. The van der Waals surface area contributed by atoms with Gasteiger partial charge in [-0.25, -0.2) is 4.98 Å². The first kappa shape index (κ1) is 9.29. The van der Waals surface area contributed by atoms with Crippen molar-refractivity contribution >= 4 is 5.69 Å². The third-order valence-electron chi connectivity index (χ3n) is 1.89. The summed E-state index contributed by atoms with van der Waals surface area (Å²) in [5, 5.41) is 0. The number of hydrogen-bond acceptors (Lipinski definition) is 2. The zero-order valence-electron chi connectivity index (χ0n) is 8.14. The molecule has 2 heteroatoms.